The normalized spacial score (nSPS) is 29.6. The van der Waals surface area contributed by atoms with E-state index in [1.54, 1.807) is 0 Å². The van der Waals surface area contributed by atoms with Gasteiger partial charge in [0.1, 0.15) is 0 Å². The fraction of sp³-hybridized carbons (Fsp3) is 1.00. The molecule has 2 atom stereocenters. The quantitative estimate of drug-likeness (QED) is 0.695. The zero-order chi connectivity index (χ0) is 12.1. The molecule has 0 bridgehead atoms. The summed E-state index contributed by atoms with van der Waals surface area (Å²) in [6.45, 7) is 9.80. The Kier molecular flexibility index (Phi) is 4.87. The molecule has 2 heteroatoms. The van der Waals surface area contributed by atoms with Gasteiger partial charge in [0, 0.05) is 6.54 Å². The van der Waals surface area contributed by atoms with Crippen LogP contribution >= 0.6 is 0 Å². The summed E-state index contributed by atoms with van der Waals surface area (Å²) in [7, 11) is 0. The lowest BCUT2D eigenvalue weighted by atomic mass is 9.70. The van der Waals surface area contributed by atoms with Gasteiger partial charge >= 0.3 is 0 Å². The zero-order valence-electron chi connectivity index (χ0n) is 11.7. The van der Waals surface area contributed by atoms with Crippen LogP contribution in [0, 0.1) is 17.3 Å². The molecule has 1 saturated carbocycles. The van der Waals surface area contributed by atoms with E-state index in [2.05, 4.69) is 24.5 Å². The number of rotatable bonds is 6. The standard InChI is InChI=1S/C15H30N2/c1-13(14-5-3-9-16-11-14)6-10-17-12-15(2)7-4-8-15/h13-14,16-17H,3-12H2,1-2H3. The van der Waals surface area contributed by atoms with E-state index >= 15 is 0 Å². The second kappa shape index (κ2) is 6.19. The molecule has 0 spiro atoms. The molecule has 2 N–H and O–H groups in total. The van der Waals surface area contributed by atoms with Gasteiger partial charge < -0.3 is 10.6 Å². The first kappa shape index (κ1) is 13.4. The highest BCUT2D eigenvalue weighted by molar-refractivity contribution is 4.85. The lowest BCUT2D eigenvalue weighted by molar-refractivity contribution is 0.155. The van der Waals surface area contributed by atoms with Crippen LogP contribution in [0.4, 0.5) is 0 Å². The molecule has 2 rings (SSSR count). The summed E-state index contributed by atoms with van der Waals surface area (Å²) in [5.41, 5.74) is 0.635. The van der Waals surface area contributed by atoms with E-state index in [0.717, 1.165) is 11.8 Å². The van der Waals surface area contributed by atoms with Crippen molar-refractivity contribution in [2.24, 2.45) is 17.3 Å². The molecule has 1 aliphatic heterocycles. The third kappa shape index (κ3) is 3.96. The number of hydrogen-bond donors (Lipinski definition) is 2. The molecule has 2 fully saturated rings. The van der Waals surface area contributed by atoms with Crippen molar-refractivity contribution >= 4 is 0 Å². The molecule has 0 aromatic heterocycles. The first-order valence-corrected chi connectivity index (χ1v) is 7.61. The maximum absolute atomic E-state index is 3.68. The van der Waals surface area contributed by atoms with Crippen LogP contribution in [0.2, 0.25) is 0 Å². The highest BCUT2D eigenvalue weighted by Crippen LogP contribution is 2.39. The largest absolute Gasteiger partial charge is 0.316 e. The minimum absolute atomic E-state index is 0.635. The Bertz CT molecular complexity index is 217. The van der Waals surface area contributed by atoms with Crippen molar-refractivity contribution in [3.8, 4) is 0 Å². The Balaban J connectivity index is 1.54. The second-order valence-corrected chi connectivity index (χ2v) is 6.71. The summed E-state index contributed by atoms with van der Waals surface area (Å²) >= 11 is 0. The highest BCUT2D eigenvalue weighted by atomic mass is 14.9. The third-order valence-electron chi connectivity index (χ3n) is 5.03. The molecule has 2 aliphatic rings. The minimum Gasteiger partial charge on any atom is -0.316 e. The molecule has 2 unspecified atom stereocenters. The SMILES string of the molecule is CC(CCNCC1(C)CCC1)C1CCCNC1. The summed E-state index contributed by atoms with van der Waals surface area (Å²) in [4.78, 5) is 0. The summed E-state index contributed by atoms with van der Waals surface area (Å²) in [5.74, 6) is 1.80. The van der Waals surface area contributed by atoms with Crippen LogP contribution in [0.15, 0.2) is 0 Å². The van der Waals surface area contributed by atoms with E-state index < -0.39 is 0 Å². The Morgan fingerprint density at radius 1 is 1.35 bits per heavy atom. The molecule has 1 heterocycles. The van der Waals surface area contributed by atoms with Gasteiger partial charge in [-0.15, -0.1) is 0 Å². The zero-order valence-corrected chi connectivity index (χ0v) is 11.7. The smallest absolute Gasteiger partial charge is 0.000516 e. The molecule has 1 saturated heterocycles. The van der Waals surface area contributed by atoms with E-state index in [4.69, 9.17) is 0 Å². The average molecular weight is 238 g/mol. The van der Waals surface area contributed by atoms with Gasteiger partial charge in [0.2, 0.25) is 0 Å². The lowest BCUT2D eigenvalue weighted by Crippen LogP contribution is -2.38. The topological polar surface area (TPSA) is 24.1 Å². The maximum Gasteiger partial charge on any atom is 0.000516 e. The van der Waals surface area contributed by atoms with Crippen LogP contribution < -0.4 is 10.6 Å². The van der Waals surface area contributed by atoms with Gasteiger partial charge in [0.05, 0.1) is 0 Å². The van der Waals surface area contributed by atoms with E-state index in [1.165, 1.54) is 64.7 Å². The van der Waals surface area contributed by atoms with Gasteiger partial charge in [-0.3, -0.25) is 0 Å². The summed E-state index contributed by atoms with van der Waals surface area (Å²) in [5, 5.41) is 7.21. The van der Waals surface area contributed by atoms with Crippen molar-refractivity contribution in [3.05, 3.63) is 0 Å². The first-order chi connectivity index (χ1) is 8.20. The van der Waals surface area contributed by atoms with E-state index in [9.17, 15) is 0 Å². The fourth-order valence-electron chi connectivity index (χ4n) is 3.28. The molecule has 0 radical (unpaired) electrons. The van der Waals surface area contributed by atoms with Crippen molar-refractivity contribution in [2.75, 3.05) is 26.2 Å². The van der Waals surface area contributed by atoms with Crippen LogP contribution in [0.5, 0.6) is 0 Å². The van der Waals surface area contributed by atoms with Crippen molar-refractivity contribution in [3.63, 3.8) is 0 Å². The van der Waals surface area contributed by atoms with E-state index in [1.807, 2.05) is 0 Å². The molecule has 100 valence electrons. The van der Waals surface area contributed by atoms with Gasteiger partial charge in [-0.2, -0.15) is 0 Å². The predicted octanol–water partition coefficient (Wildman–Crippen LogP) is 2.79. The van der Waals surface area contributed by atoms with Gasteiger partial charge in [-0.1, -0.05) is 20.3 Å². The molecule has 2 nitrogen and oxygen atoms in total. The van der Waals surface area contributed by atoms with Crippen molar-refractivity contribution in [1.82, 2.24) is 10.6 Å². The molecule has 0 aromatic carbocycles. The van der Waals surface area contributed by atoms with Crippen molar-refractivity contribution in [2.45, 2.75) is 52.4 Å². The van der Waals surface area contributed by atoms with Gasteiger partial charge in [-0.25, -0.2) is 0 Å². The maximum atomic E-state index is 3.68. The second-order valence-electron chi connectivity index (χ2n) is 6.71. The van der Waals surface area contributed by atoms with Crippen LogP contribution in [0.1, 0.15) is 52.4 Å². The molecule has 0 aromatic rings. The van der Waals surface area contributed by atoms with Crippen LogP contribution in [-0.2, 0) is 0 Å². The highest BCUT2D eigenvalue weighted by Gasteiger charge is 2.30. The monoisotopic (exact) mass is 238 g/mol. The summed E-state index contributed by atoms with van der Waals surface area (Å²) < 4.78 is 0. The van der Waals surface area contributed by atoms with E-state index in [0.29, 0.717) is 5.41 Å². The number of hydrogen-bond acceptors (Lipinski definition) is 2. The van der Waals surface area contributed by atoms with Crippen molar-refractivity contribution < 1.29 is 0 Å². The van der Waals surface area contributed by atoms with Crippen LogP contribution in [0.25, 0.3) is 0 Å². The minimum atomic E-state index is 0.635. The lowest BCUT2D eigenvalue weighted by Gasteiger charge is -2.38. The Hall–Kier alpha value is -0.0800. The first-order valence-electron chi connectivity index (χ1n) is 7.61. The molecule has 1 aliphatic carbocycles. The van der Waals surface area contributed by atoms with Gasteiger partial charge in [0.25, 0.3) is 0 Å². The fourth-order valence-corrected chi connectivity index (χ4v) is 3.28. The molecule has 17 heavy (non-hydrogen) atoms. The Labute approximate surface area is 107 Å². The number of piperidine rings is 1. The van der Waals surface area contributed by atoms with E-state index in [-0.39, 0.29) is 0 Å². The van der Waals surface area contributed by atoms with Crippen molar-refractivity contribution in [1.29, 1.82) is 0 Å². The van der Waals surface area contributed by atoms with Gasteiger partial charge in [-0.05, 0) is 69.0 Å². The van der Waals surface area contributed by atoms with Crippen LogP contribution in [-0.4, -0.2) is 26.2 Å². The average Bonchev–Trinajstić information content (AvgIpc) is 2.33. The summed E-state index contributed by atoms with van der Waals surface area (Å²) in [6.07, 6.45) is 8.47. The van der Waals surface area contributed by atoms with Gasteiger partial charge in [0.15, 0.2) is 0 Å². The van der Waals surface area contributed by atoms with Crippen LogP contribution in [0.3, 0.4) is 0 Å². The Morgan fingerprint density at radius 2 is 2.18 bits per heavy atom. The predicted molar refractivity (Wildman–Crippen MR) is 74.2 cm³/mol. The third-order valence-corrected chi connectivity index (χ3v) is 5.03. The molecule has 0 amide bonds. The summed E-state index contributed by atoms with van der Waals surface area (Å²) in [6, 6.07) is 0. The Morgan fingerprint density at radius 3 is 2.76 bits per heavy atom. The molecular weight excluding hydrogens is 208 g/mol. The molecular formula is C15H30N2. The number of nitrogens with one attached hydrogen (secondary N) is 2.